The molecule has 1 aliphatic rings. The molecule has 0 bridgehead atoms. The predicted octanol–water partition coefficient (Wildman–Crippen LogP) is 1.06. The van der Waals surface area contributed by atoms with Crippen molar-refractivity contribution in [1.82, 2.24) is 0 Å². The van der Waals surface area contributed by atoms with Gasteiger partial charge in [-0.2, -0.15) is 0 Å². The van der Waals surface area contributed by atoms with Crippen LogP contribution in [0.1, 0.15) is 12.0 Å². The Morgan fingerprint density at radius 3 is 2.50 bits per heavy atom. The van der Waals surface area contributed by atoms with E-state index in [2.05, 4.69) is 0 Å². The Bertz CT molecular complexity index is 512. The maximum absolute atomic E-state index is 11.3. The molecule has 0 radical (unpaired) electrons. The summed E-state index contributed by atoms with van der Waals surface area (Å²) in [6, 6.07) is 8.73. The lowest BCUT2D eigenvalue weighted by molar-refractivity contribution is -0.529. The van der Waals surface area contributed by atoms with Crippen molar-refractivity contribution in [3.63, 3.8) is 0 Å². The molecule has 92 valence electrons. The molecule has 0 saturated heterocycles. The van der Waals surface area contributed by atoms with Crippen LogP contribution in [0.25, 0.3) is 5.57 Å². The lowest BCUT2D eigenvalue weighted by Gasteiger charge is -2.28. The van der Waals surface area contributed by atoms with Crippen molar-refractivity contribution in [1.29, 1.82) is 0 Å². The Morgan fingerprint density at radius 1 is 1.28 bits per heavy atom. The van der Waals surface area contributed by atoms with Crippen LogP contribution >= 0.6 is 0 Å². The van der Waals surface area contributed by atoms with Crippen molar-refractivity contribution in [3.05, 3.63) is 64.2 Å². The van der Waals surface area contributed by atoms with Gasteiger partial charge in [-0.1, -0.05) is 48.6 Å². The Balaban J connectivity index is 2.57. The highest BCUT2D eigenvalue weighted by molar-refractivity contribution is 6.49. The normalized spacial score (nSPS) is 22.4. The van der Waals surface area contributed by atoms with E-state index in [-0.39, 0.29) is 6.42 Å². The van der Waals surface area contributed by atoms with E-state index in [9.17, 15) is 20.2 Å². The molecule has 1 atom stereocenters. The predicted molar refractivity (Wildman–Crippen MR) is 68.1 cm³/mol. The fourth-order valence-electron chi connectivity index (χ4n) is 2.14. The van der Waals surface area contributed by atoms with E-state index in [1.807, 2.05) is 0 Å². The summed E-state index contributed by atoms with van der Waals surface area (Å²) in [4.78, 5) is 10.7. The lowest BCUT2D eigenvalue weighted by atomic mass is 9.57. The summed E-state index contributed by atoms with van der Waals surface area (Å²) < 4.78 is 0. The zero-order valence-electron chi connectivity index (χ0n) is 9.56. The Labute approximate surface area is 104 Å². The molecule has 0 saturated carbocycles. The molecule has 1 aromatic carbocycles. The minimum atomic E-state index is -2.05. The zero-order valence-corrected chi connectivity index (χ0v) is 9.56. The number of hydrogen-bond donors (Lipinski definition) is 2. The second-order valence-corrected chi connectivity index (χ2v) is 4.13. The van der Waals surface area contributed by atoms with Gasteiger partial charge in [0.05, 0.1) is 0 Å². The number of benzene rings is 1. The second-order valence-electron chi connectivity index (χ2n) is 4.13. The SMILES string of the molecule is O=[N+]([O-])C1(B(O)O)CC=CC=C1c1ccccc1. The van der Waals surface area contributed by atoms with Crippen LogP contribution in [0.3, 0.4) is 0 Å². The number of rotatable bonds is 3. The van der Waals surface area contributed by atoms with Gasteiger partial charge in [-0.05, 0) is 5.56 Å². The molecule has 2 N–H and O–H groups in total. The third-order valence-corrected chi connectivity index (χ3v) is 3.13. The third-order valence-electron chi connectivity index (χ3n) is 3.13. The standard InChI is InChI=1S/C12H12BNO4/c15-13(16)12(14(17)18)9-5-4-8-11(12)10-6-2-1-3-7-10/h1-8,15-16H,9H2. The number of nitro groups is 1. The molecule has 0 aromatic heterocycles. The first kappa shape index (κ1) is 12.5. The molecule has 1 unspecified atom stereocenters. The molecule has 0 aliphatic heterocycles. The van der Waals surface area contributed by atoms with Crippen LogP contribution in [0.2, 0.25) is 0 Å². The van der Waals surface area contributed by atoms with Gasteiger partial charge < -0.3 is 10.0 Å². The monoisotopic (exact) mass is 245 g/mol. The fourth-order valence-corrected chi connectivity index (χ4v) is 2.14. The maximum atomic E-state index is 11.3. The average molecular weight is 245 g/mol. The summed E-state index contributed by atoms with van der Waals surface area (Å²) in [7, 11) is -2.05. The van der Waals surface area contributed by atoms with Gasteiger partial charge >= 0.3 is 7.12 Å². The van der Waals surface area contributed by atoms with Crippen molar-refractivity contribution in [2.75, 3.05) is 0 Å². The fraction of sp³-hybridized carbons (Fsp3) is 0.167. The second kappa shape index (κ2) is 4.76. The summed E-state index contributed by atoms with van der Waals surface area (Å²) >= 11 is 0. The third kappa shape index (κ3) is 1.85. The lowest BCUT2D eigenvalue weighted by Crippen LogP contribution is -2.54. The molecular formula is C12H12BNO4. The molecule has 5 nitrogen and oxygen atoms in total. The van der Waals surface area contributed by atoms with Gasteiger partial charge in [0.25, 0.3) is 5.44 Å². The highest BCUT2D eigenvalue weighted by atomic mass is 16.6. The highest BCUT2D eigenvalue weighted by Gasteiger charge is 2.57. The van der Waals surface area contributed by atoms with Crippen LogP contribution in [-0.4, -0.2) is 27.5 Å². The smallest absolute Gasteiger partial charge is 0.422 e. The number of hydrogen-bond acceptors (Lipinski definition) is 4. The van der Waals surface area contributed by atoms with Crippen molar-refractivity contribution in [2.45, 2.75) is 11.9 Å². The van der Waals surface area contributed by atoms with Gasteiger partial charge in [-0.15, -0.1) is 0 Å². The van der Waals surface area contributed by atoms with Crippen LogP contribution in [-0.2, 0) is 0 Å². The maximum Gasteiger partial charge on any atom is 0.545 e. The van der Waals surface area contributed by atoms with E-state index in [4.69, 9.17) is 0 Å². The van der Waals surface area contributed by atoms with Gasteiger partial charge in [-0.3, -0.25) is 10.1 Å². The summed E-state index contributed by atoms with van der Waals surface area (Å²) in [6.07, 6.45) is 4.76. The molecule has 1 aliphatic carbocycles. The highest BCUT2D eigenvalue weighted by Crippen LogP contribution is 2.36. The van der Waals surface area contributed by atoms with Crippen LogP contribution < -0.4 is 0 Å². The topological polar surface area (TPSA) is 83.6 Å². The first-order chi connectivity index (χ1) is 8.59. The van der Waals surface area contributed by atoms with Gasteiger partial charge in [0.1, 0.15) is 0 Å². The molecule has 0 amide bonds. The molecular weight excluding hydrogens is 233 g/mol. The summed E-state index contributed by atoms with van der Waals surface area (Å²) in [5.41, 5.74) is -0.965. The van der Waals surface area contributed by atoms with Gasteiger partial charge in [0, 0.05) is 16.9 Å². The Kier molecular flexibility index (Phi) is 3.31. The largest absolute Gasteiger partial charge is 0.545 e. The van der Waals surface area contributed by atoms with Gasteiger partial charge in [0.2, 0.25) is 0 Å². The van der Waals surface area contributed by atoms with Crippen molar-refractivity contribution in [2.24, 2.45) is 0 Å². The molecule has 2 rings (SSSR count). The van der Waals surface area contributed by atoms with E-state index in [1.54, 1.807) is 48.6 Å². The zero-order chi connectivity index (χ0) is 13.2. The van der Waals surface area contributed by atoms with Gasteiger partial charge in [-0.25, -0.2) is 0 Å². The summed E-state index contributed by atoms with van der Waals surface area (Å²) in [6.45, 7) is 0. The van der Waals surface area contributed by atoms with E-state index >= 15 is 0 Å². The molecule has 0 spiro atoms. The molecule has 6 heteroatoms. The molecule has 0 heterocycles. The molecule has 0 fully saturated rings. The van der Waals surface area contributed by atoms with Crippen LogP contribution in [0.4, 0.5) is 0 Å². The Morgan fingerprint density at radius 2 is 1.94 bits per heavy atom. The van der Waals surface area contributed by atoms with Crippen LogP contribution in [0.15, 0.2) is 48.6 Å². The van der Waals surface area contributed by atoms with E-state index < -0.39 is 17.5 Å². The van der Waals surface area contributed by atoms with E-state index in [1.165, 1.54) is 0 Å². The quantitative estimate of drug-likeness (QED) is 0.473. The summed E-state index contributed by atoms with van der Waals surface area (Å²) in [5, 5.41) is 30.3. The van der Waals surface area contributed by atoms with Crippen molar-refractivity contribution < 1.29 is 15.0 Å². The first-order valence-corrected chi connectivity index (χ1v) is 5.52. The molecule has 1 aromatic rings. The average Bonchev–Trinajstić information content (AvgIpc) is 2.39. The number of nitrogens with zero attached hydrogens (tertiary/aromatic N) is 1. The number of allylic oxidation sites excluding steroid dienone is 2. The minimum Gasteiger partial charge on any atom is -0.422 e. The van der Waals surface area contributed by atoms with Crippen molar-refractivity contribution in [3.8, 4) is 0 Å². The minimum absolute atomic E-state index is 0.0433. The molecule has 18 heavy (non-hydrogen) atoms. The van der Waals surface area contributed by atoms with Gasteiger partial charge in [0.15, 0.2) is 0 Å². The van der Waals surface area contributed by atoms with Crippen molar-refractivity contribution >= 4 is 12.7 Å². The Hall–Kier alpha value is -1.92. The van der Waals surface area contributed by atoms with Crippen LogP contribution in [0.5, 0.6) is 0 Å². The van der Waals surface area contributed by atoms with E-state index in [0.717, 1.165) is 0 Å². The van der Waals surface area contributed by atoms with E-state index in [0.29, 0.717) is 11.1 Å². The first-order valence-electron chi connectivity index (χ1n) is 5.52. The van der Waals surface area contributed by atoms with Crippen LogP contribution in [0, 0.1) is 10.1 Å². The summed E-state index contributed by atoms with van der Waals surface area (Å²) in [5.74, 6) is 0.